The molecular formula is C20H16N2O5. The lowest BCUT2D eigenvalue weighted by Crippen LogP contribution is -2.46. The molecule has 3 rings (SSSR count). The molecule has 7 heteroatoms. The minimum absolute atomic E-state index is 0.0180. The summed E-state index contributed by atoms with van der Waals surface area (Å²) in [5.74, 6) is -2.14. The van der Waals surface area contributed by atoms with Crippen LogP contribution in [0.25, 0.3) is 0 Å². The van der Waals surface area contributed by atoms with Crippen molar-refractivity contribution in [3.63, 3.8) is 0 Å². The first-order valence-corrected chi connectivity index (χ1v) is 8.09. The maximum Gasteiger partial charge on any atom is 0.337 e. The van der Waals surface area contributed by atoms with Gasteiger partial charge in [-0.05, 0) is 24.3 Å². The van der Waals surface area contributed by atoms with Gasteiger partial charge in [0.05, 0.1) is 17.5 Å². The van der Waals surface area contributed by atoms with E-state index in [1.54, 1.807) is 48.5 Å². The molecule has 3 aromatic rings. The lowest BCUT2D eigenvalue weighted by atomic mass is 10.1. The summed E-state index contributed by atoms with van der Waals surface area (Å²) in [5.41, 5.74) is 0.553. The van der Waals surface area contributed by atoms with Crippen LogP contribution in [-0.2, 0) is 0 Å². The van der Waals surface area contributed by atoms with Crippen LogP contribution in [0.4, 0.5) is 5.69 Å². The number of nitrogens with one attached hydrogen (secondary N) is 2. The minimum Gasteiger partial charge on any atom is -0.478 e. The highest BCUT2D eigenvalue weighted by Gasteiger charge is 2.25. The number of amides is 1. The van der Waals surface area contributed by atoms with Gasteiger partial charge in [-0.2, -0.15) is 0 Å². The number of rotatable bonds is 7. The second kappa shape index (κ2) is 8.01. The normalized spacial score (nSPS) is 11.4. The van der Waals surface area contributed by atoms with Gasteiger partial charge in [0.25, 0.3) is 5.91 Å². The fourth-order valence-electron chi connectivity index (χ4n) is 2.50. The lowest BCUT2D eigenvalue weighted by Gasteiger charge is -2.21. The van der Waals surface area contributed by atoms with E-state index in [0.29, 0.717) is 5.56 Å². The molecule has 0 radical (unpaired) electrons. The summed E-state index contributed by atoms with van der Waals surface area (Å²) in [4.78, 5) is 36.7. The molecule has 0 aliphatic rings. The first-order chi connectivity index (χ1) is 13.1. The molecule has 0 bridgehead atoms. The Morgan fingerprint density at radius 3 is 2.26 bits per heavy atom. The molecular weight excluding hydrogens is 348 g/mol. The van der Waals surface area contributed by atoms with Gasteiger partial charge in [-0.15, -0.1) is 0 Å². The van der Waals surface area contributed by atoms with Gasteiger partial charge < -0.3 is 20.2 Å². The molecule has 0 fully saturated rings. The maximum atomic E-state index is 12.9. The van der Waals surface area contributed by atoms with E-state index in [1.807, 2.05) is 0 Å². The Bertz CT molecular complexity index is 952. The first kappa shape index (κ1) is 17.9. The molecule has 1 atom stereocenters. The Morgan fingerprint density at radius 1 is 0.889 bits per heavy atom. The summed E-state index contributed by atoms with van der Waals surface area (Å²) >= 11 is 0. The van der Waals surface area contributed by atoms with Crippen LogP contribution < -0.4 is 10.6 Å². The zero-order valence-electron chi connectivity index (χ0n) is 14.1. The summed E-state index contributed by atoms with van der Waals surface area (Å²) in [6.45, 7) is 0. The molecule has 0 aliphatic heterocycles. The first-order valence-electron chi connectivity index (χ1n) is 8.09. The Hall–Kier alpha value is -3.87. The molecule has 1 heterocycles. The summed E-state index contributed by atoms with van der Waals surface area (Å²) in [5, 5.41) is 14.7. The summed E-state index contributed by atoms with van der Waals surface area (Å²) in [6, 6.07) is 17.5. The van der Waals surface area contributed by atoms with Gasteiger partial charge in [-0.25, -0.2) is 4.79 Å². The van der Waals surface area contributed by atoms with Crippen molar-refractivity contribution in [3.05, 3.63) is 89.9 Å². The third kappa shape index (κ3) is 4.21. The van der Waals surface area contributed by atoms with Crippen molar-refractivity contribution < 1.29 is 23.9 Å². The van der Waals surface area contributed by atoms with Gasteiger partial charge in [-0.3, -0.25) is 9.59 Å². The van der Waals surface area contributed by atoms with Crippen molar-refractivity contribution in [2.24, 2.45) is 0 Å². The molecule has 0 saturated carbocycles. The number of furan rings is 1. The molecule has 27 heavy (non-hydrogen) atoms. The highest BCUT2D eigenvalue weighted by Crippen LogP contribution is 2.17. The number of carboxylic acid groups (broad SMARTS) is 1. The molecule has 1 unspecified atom stereocenters. The summed E-state index contributed by atoms with van der Waals surface area (Å²) < 4.78 is 5.05. The molecule has 1 amide bonds. The van der Waals surface area contributed by atoms with Gasteiger partial charge in [0.15, 0.2) is 11.9 Å². The fraction of sp³-hybridized carbons (Fsp3) is 0.0500. The van der Waals surface area contributed by atoms with Gasteiger partial charge in [0.2, 0.25) is 5.78 Å². The molecule has 136 valence electrons. The fourth-order valence-corrected chi connectivity index (χ4v) is 2.50. The molecule has 2 aromatic carbocycles. The van der Waals surface area contributed by atoms with Crippen LogP contribution >= 0.6 is 0 Å². The van der Waals surface area contributed by atoms with Crippen LogP contribution in [0.2, 0.25) is 0 Å². The van der Waals surface area contributed by atoms with Crippen molar-refractivity contribution >= 4 is 23.3 Å². The second-order valence-corrected chi connectivity index (χ2v) is 5.61. The molecule has 3 N–H and O–H groups in total. The summed E-state index contributed by atoms with van der Waals surface area (Å²) in [7, 11) is 0. The number of hydrogen-bond acceptors (Lipinski definition) is 5. The van der Waals surface area contributed by atoms with Crippen molar-refractivity contribution in [1.29, 1.82) is 0 Å². The highest BCUT2D eigenvalue weighted by molar-refractivity contribution is 6.05. The number of carbonyl (C=O) groups is 3. The third-order valence-electron chi connectivity index (χ3n) is 3.80. The Balaban J connectivity index is 1.91. The van der Waals surface area contributed by atoms with E-state index in [0.717, 1.165) is 0 Å². The summed E-state index contributed by atoms with van der Waals surface area (Å²) in [6.07, 6.45) is 0.154. The number of ketones is 1. The Labute approximate surface area is 154 Å². The van der Waals surface area contributed by atoms with Gasteiger partial charge in [-0.1, -0.05) is 42.5 Å². The standard InChI is InChI=1S/C20H16N2O5/c23-17(13-7-2-1-3-8-13)18(22-19(24)16-11-6-12-27-16)21-15-10-5-4-9-14(15)20(25)26/h1-12,18,21H,(H,22,24)(H,25,26). The average molecular weight is 364 g/mol. The van der Waals surface area contributed by atoms with Crippen molar-refractivity contribution in [3.8, 4) is 0 Å². The van der Waals surface area contributed by atoms with Crippen molar-refractivity contribution in [2.75, 3.05) is 5.32 Å². The van der Waals surface area contributed by atoms with Gasteiger partial charge in [0.1, 0.15) is 0 Å². The van der Waals surface area contributed by atoms with E-state index >= 15 is 0 Å². The van der Waals surface area contributed by atoms with E-state index in [4.69, 9.17) is 4.42 Å². The van der Waals surface area contributed by atoms with Crippen LogP contribution in [0.5, 0.6) is 0 Å². The van der Waals surface area contributed by atoms with Gasteiger partial charge >= 0.3 is 5.97 Å². The zero-order valence-corrected chi connectivity index (χ0v) is 14.1. The van der Waals surface area contributed by atoms with E-state index in [2.05, 4.69) is 10.6 Å². The van der Waals surface area contributed by atoms with Crippen LogP contribution in [-0.4, -0.2) is 28.9 Å². The van der Waals surface area contributed by atoms with Crippen molar-refractivity contribution in [1.82, 2.24) is 5.32 Å². The largest absolute Gasteiger partial charge is 0.478 e. The lowest BCUT2D eigenvalue weighted by molar-refractivity contribution is 0.0697. The number of anilines is 1. The average Bonchev–Trinajstić information content (AvgIpc) is 3.23. The predicted octanol–water partition coefficient (Wildman–Crippen LogP) is 3.03. The van der Waals surface area contributed by atoms with Crippen molar-refractivity contribution in [2.45, 2.75) is 6.17 Å². The molecule has 7 nitrogen and oxygen atoms in total. The van der Waals surface area contributed by atoms with E-state index in [-0.39, 0.29) is 17.0 Å². The van der Waals surface area contributed by atoms with Crippen LogP contribution in [0, 0.1) is 0 Å². The van der Waals surface area contributed by atoms with Crippen LogP contribution in [0.3, 0.4) is 0 Å². The number of para-hydroxylation sites is 1. The highest BCUT2D eigenvalue weighted by atomic mass is 16.4. The predicted molar refractivity (Wildman–Crippen MR) is 97.8 cm³/mol. The molecule has 0 saturated heterocycles. The van der Waals surface area contributed by atoms with E-state index < -0.39 is 23.8 Å². The Kier molecular flexibility index (Phi) is 5.32. The molecule has 1 aromatic heterocycles. The SMILES string of the molecule is O=C(NC(Nc1ccccc1C(=O)O)C(=O)c1ccccc1)c1ccco1. The number of benzene rings is 2. The van der Waals surface area contributed by atoms with Crippen LogP contribution in [0.15, 0.2) is 77.4 Å². The second-order valence-electron chi connectivity index (χ2n) is 5.61. The number of Topliss-reactive ketones (excluding diaryl/α,β-unsaturated/α-hetero) is 1. The van der Waals surface area contributed by atoms with Crippen LogP contribution in [0.1, 0.15) is 31.3 Å². The van der Waals surface area contributed by atoms with E-state index in [9.17, 15) is 19.5 Å². The quantitative estimate of drug-likeness (QED) is 0.439. The van der Waals surface area contributed by atoms with Gasteiger partial charge in [0, 0.05) is 5.56 Å². The molecule has 0 aliphatic carbocycles. The molecule has 0 spiro atoms. The monoisotopic (exact) mass is 364 g/mol. The minimum atomic E-state index is -1.19. The number of carbonyl (C=O) groups excluding carboxylic acids is 2. The maximum absolute atomic E-state index is 12.9. The number of hydrogen-bond donors (Lipinski definition) is 3. The third-order valence-corrected chi connectivity index (χ3v) is 3.80. The number of carboxylic acids is 1. The zero-order chi connectivity index (χ0) is 19.2. The Morgan fingerprint density at radius 2 is 1.59 bits per heavy atom. The van der Waals surface area contributed by atoms with E-state index in [1.165, 1.54) is 24.5 Å². The number of aromatic carboxylic acids is 1. The smallest absolute Gasteiger partial charge is 0.337 e. The topological polar surface area (TPSA) is 109 Å².